The lowest BCUT2D eigenvalue weighted by Gasteiger charge is -2.22. The maximum Gasteiger partial charge on any atom is 0.519 e. The van der Waals surface area contributed by atoms with Gasteiger partial charge in [0.05, 0.1) is 84.7 Å². The lowest BCUT2D eigenvalue weighted by atomic mass is 9.88. The lowest BCUT2D eigenvalue weighted by molar-refractivity contribution is -0.157. The number of aliphatic hydroxyl groups is 13. The van der Waals surface area contributed by atoms with Crippen molar-refractivity contribution in [2.75, 3.05) is 99.1 Å². The van der Waals surface area contributed by atoms with Gasteiger partial charge in [-0.25, -0.2) is 38.4 Å². The summed E-state index contributed by atoms with van der Waals surface area (Å²) in [6.07, 6.45) is 9.14. The third kappa shape index (κ3) is 91.4. The second-order valence-corrected chi connectivity index (χ2v) is 32.2. The molecule has 838 valence electrons. The summed E-state index contributed by atoms with van der Waals surface area (Å²) in [5, 5.41) is 192. The molecule has 0 bridgehead atoms. The van der Waals surface area contributed by atoms with Crippen molar-refractivity contribution in [3.63, 3.8) is 0 Å². The van der Waals surface area contributed by atoms with E-state index >= 15 is 0 Å². The van der Waals surface area contributed by atoms with Gasteiger partial charge in [0.2, 0.25) is 41.0 Å². The molecule has 5 aromatic rings. The third-order valence-electron chi connectivity index (χ3n) is 17.7. The molecule has 0 radical (unpaired) electrons. The van der Waals surface area contributed by atoms with Gasteiger partial charge >= 0.3 is 71.8 Å². The fourth-order valence-corrected chi connectivity index (χ4v) is 9.59. The van der Waals surface area contributed by atoms with E-state index in [-0.39, 0.29) is 192 Å². The molecule has 1 aliphatic heterocycles. The number of carbonyl (C=O) groups is 19. The zero-order chi connectivity index (χ0) is 115. The van der Waals surface area contributed by atoms with Gasteiger partial charge in [-0.3, -0.25) is 52.7 Å². The molecule has 1 fully saturated rings. The van der Waals surface area contributed by atoms with Gasteiger partial charge in [0, 0.05) is 133 Å². The molecule has 149 heavy (non-hydrogen) atoms. The Labute approximate surface area is 858 Å². The largest absolute Gasteiger partial charge is 0.519 e. The van der Waals surface area contributed by atoms with Gasteiger partial charge in [-0.1, -0.05) is 120 Å². The number of carboxylic acids is 8. The van der Waals surface area contributed by atoms with Gasteiger partial charge in [0.25, 0.3) is 0 Å². The number of ketones is 7. The monoisotopic (exact) mass is 2130 g/mol. The van der Waals surface area contributed by atoms with E-state index in [9.17, 15) is 101 Å². The molecule has 1 saturated heterocycles. The smallest absolute Gasteiger partial charge is 0.508 e. The molecule has 49 nitrogen and oxygen atoms in total. The summed E-state index contributed by atoms with van der Waals surface area (Å²) in [5.74, 6) is -15.9. The van der Waals surface area contributed by atoms with Crippen LogP contribution in [0.1, 0.15) is 231 Å². The van der Waals surface area contributed by atoms with Crippen molar-refractivity contribution >= 4 is 112 Å². The molecule has 6 rings (SSSR count). The number of ether oxygens (including phenoxy) is 7. The van der Waals surface area contributed by atoms with Crippen LogP contribution in [0.3, 0.4) is 0 Å². The number of hydrogen-bond acceptors (Lipinski definition) is 41. The SMILES string of the molecule is CC(C)(CO)COC(=O)C(=O)CC(C)(C)CO.O=C(CCCCO)c1cccc(C(=O)OC2CCCO2)c1.O=C(Cc1ccc(CO)cc1)C(=O)OCc1ccc(CO)cc1.O=C(O)C(=O)CCCCO.O=C(O)C(=O)CCO.O=C(O)C(=O)CCO.O=C(O)C(=O)CCOCCO.O=C(O)CCCCCCO.O=C(O)CCCCCO.O=C(O)CCCCO.O=C(O)CCO.O=C(Oc1cccc(O)c1)Oc1cccc(O)c1. The number of phenols is 2. The normalized spacial score (nSPS) is 11.0. The van der Waals surface area contributed by atoms with Crippen LogP contribution in [0.25, 0.3) is 0 Å². The van der Waals surface area contributed by atoms with Crippen molar-refractivity contribution in [1.82, 2.24) is 0 Å². The van der Waals surface area contributed by atoms with E-state index in [2.05, 4.69) is 4.74 Å². The van der Waals surface area contributed by atoms with Crippen LogP contribution in [0, 0.1) is 10.8 Å². The number of aromatic hydroxyl groups is 2. The Morgan fingerprint density at radius 3 is 1.09 bits per heavy atom. The molecule has 0 aliphatic carbocycles. The van der Waals surface area contributed by atoms with E-state index < -0.39 is 137 Å². The lowest BCUT2D eigenvalue weighted by Crippen LogP contribution is -2.31. The van der Waals surface area contributed by atoms with Crippen molar-refractivity contribution in [1.29, 1.82) is 0 Å². The van der Waals surface area contributed by atoms with Crippen molar-refractivity contribution in [3.8, 4) is 23.0 Å². The van der Waals surface area contributed by atoms with Crippen LogP contribution in [-0.4, -0.2) is 335 Å². The molecule has 49 heteroatoms. The van der Waals surface area contributed by atoms with Crippen molar-refractivity contribution < 1.29 is 242 Å². The van der Waals surface area contributed by atoms with Gasteiger partial charge in [-0.05, 0) is 135 Å². The summed E-state index contributed by atoms with van der Waals surface area (Å²) in [7, 11) is 0. The molecule has 1 unspecified atom stereocenters. The number of aliphatic hydroxyl groups excluding tert-OH is 13. The van der Waals surface area contributed by atoms with Crippen molar-refractivity contribution in [3.05, 3.63) is 155 Å². The maximum atomic E-state index is 12.0. The number of carbonyl (C=O) groups excluding carboxylic acids is 11. The van der Waals surface area contributed by atoms with Gasteiger partial charge < -0.3 is 151 Å². The first-order chi connectivity index (χ1) is 70.4. The Morgan fingerprint density at radius 2 is 0.711 bits per heavy atom. The molecule has 0 spiro atoms. The Bertz CT molecular complexity index is 4570. The number of esters is 3. The molecule has 23 N–H and O–H groups in total. The van der Waals surface area contributed by atoms with E-state index in [0.717, 1.165) is 55.2 Å². The average Bonchev–Trinajstić information content (AvgIpc) is 1.84. The average molecular weight is 2130 g/mol. The van der Waals surface area contributed by atoms with Crippen LogP contribution in [0.5, 0.6) is 23.0 Å². The number of hydrogen-bond donors (Lipinski definition) is 23. The minimum atomic E-state index is -1.49. The maximum absolute atomic E-state index is 12.0. The molecule has 1 atom stereocenters. The van der Waals surface area contributed by atoms with Crippen LogP contribution in [0.4, 0.5) is 4.79 Å². The highest BCUT2D eigenvalue weighted by Crippen LogP contribution is 2.24. The topological polar surface area (TPSA) is 854 Å². The molecule has 5 aromatic carbocycles. The molecule has 1 aliphatic rings. The summed E-state index contributed by atoms with van der Waals surface area (Å²) in [6.45, 7) is 6.59. The van der Waals surface area contributed by atoms with Gasteiger partial charge in [0.1, 0.15) is 29.6 Å². The summed E-state index contributed by atoms with van der Waals surface area (Å²) in [4.78, 5) is 201. The zero-order valence-electron chi connectivity index (χ0n) is 83.6. The van der Waals surface area contributed by atoms with Gasteiger partial charge in [-0.2, -0.15) is 0 Å². The molecule has 0 amide bonds. The molecular weight excluding hydrogens is 1990 g/mol. The number of Topliss-reactive ketones (excluding diaryl/α,β-unsaturated/α-hetero) is 7. The summed E-state index contributed by atoms with van der Waals surface area (Å²) in [6, 6.07) is 31.8. The standard InChI is InChI=1S/C18H18O5.C16H20O5.C13H10O5.C12H22O5.C7H14O3.C6H10O5.C6H10O4.C6H12O3.C5H10O3.2C4H6O4.C3H6O3/c19-10-14-3-1-13(2-4-14)9-17(21)18(22)23-12-16-7-5-15(11-20)6-8-16;17-9-2-1-7-14(18)12-5-3-6-13(11-12)16(19)21-15-8-4-10-20-15;14-9-3-1-5-11(7-9)17-13(16)18-12-6-2-4-10(15)8-12;1-11(2,6-13)5-9(15)10(16)17-8-12(3,4)7-14;8-6-4-2-1-3-5-7(9)10;7-2-4-11-3-1-5(8)6(9)10;7-4-2-1-3-5(8)6(9)10;7-5-3-1-2-4-6(8)9;6-4-2-1-3-5(7)8;2*5-2-1-3(6)4(7)8;4-2-1-3(5)6/h1-8,19-20H,9-12H2;3,5-6,11,15,17H,1-2,4,7-10H2;1-8,14-15H;13-14H,5-8H2,1-4H3;8H,1-6H2,(H,9,10);7H,1-4H2,(H,9,10);7H,1-4H2,(H,9,10);7H,1-5H2,(H,8,9);6H,1-4H2,(H,7,8);2*5H,1-2H2,(H,7,8);4H,1-2H2,(H,5,6). The number of benzene rings is 5. The van der Waals surface area contributed by atoms with E-state index in [4.69, 9.17) is 136 Å². The van der Waals surface area contributed by atoms with E-state index in [1.165, 1.54) is 48.5 Å². The molecule has 1 heterocycles. The summed E-state index contributed by atoms with van der Waals surface area (Å²) < 4.78 is 34.6. The number of carboxylic acid groups (broad SMARTS) is 8. The van der Waals surface area contributed by atoms with Crippen LogP contribution in [0.15, 0.2) is 121 Å². The molecule has 0 aromatic heterocycles. The van der Waals surface area contributed by atoms with E-state index in [1.54, 1.807) is 100 Å². The number of unbranched alkanes of at least 4 members (excludes halogenated alkanes) is 8. The minimum absolute atomic E-state index is 0.00632. The first-order valence-electron chi connectivity index (χ1n) is 46.3. The summed E-state index contributed by atoms with van der Waals surface area (Å²) in [5.41, 5.74) is 2.63. The first-order valence-corrected chi connectivity index (χ1v) is 46.3. The highest BCUT2D eigenvalue weighted by molar-refractivity contribution is 6.35. The fourth-order valence-electron chi connectivity index (χ4n) is 9.59. The number of phenolic OH excluding ortho intramolecular Hbond substituents is 2. The first kappa shape index (κ1) is 146. The van der Waals surface area contributed by atoms with Crippen LogP contribution >= 0.6 is 0 Å². The predicted octanol–water partition coefficient (Wildman–Crippen LogP) is 5.26. The van der Waals surface area contributed by atoms with Crippen LogP contribution in [0.2, 0.25) is 0 Å². The molecular formula is C100H144O49. The summed E-state index contributed by atoms with van der Waals surface area (Å²) >= 11 is 0. The Morgan fingerprint density at radius 1 is 0.342 bits per heavy atom. The highest BCUT2D eigenvalue weighted by atomic mass is 16.7. The number of aliphatic carboxylic acids is 8. The van der Waals surface area contributed by atoms with Crippen molar-refractivity contribution in [2.24, 2.45) is 10.8 Å². The van der Waals surface area contributed by atoms with Crippen LogP contribution in [-0.2, 0) is 127 Å². The minimum Gasteiger partial charge on any atom is -0.508 e. The quantitative estimate of drug-likeness (QED) is 0.00589. The third-order valence-corrected chi connectivity index (χ3v) is 17.7. The van der Waals surface area contributed by atoms with Gasteiger partial charge in [-0.15, -0.1) is 0 Å². The second-order valence-electron chi connectivity index (χ2n) is 32.2. The predicted molar refractivity (Wildman–Crippen MR) is 521 cm³/mol. The van der Waals surface area contributed by atoms with E-state index in [0.29, 0.717) is 87.5 Å². The Hall–Kier alpha value is -13.8. The Balaban J connectivity index is -0.000000383. The Kier molecular flexibility index (Phi) is 92.0. The fraction of sp³-hybridized carbons (Fsp3) is 0.510. The zero-order valence-corrected chi connectivity index (χ0v) is 83.6. The highest BCUT2D eigenvalue weighted by Gasteiger charge is 2.29. The van der Waals surface area contributed by atoms with Gasteiger partial charge in [0.15, 0.2) is 5.78 Å². The van der Waals surface area contributed by atoms with E-state index in [1.807, 2.05) is 0 Å². The van der Waals surface area contributed by atoms with Crippen LogP contribution < -0.4 is 9.47 Å². The van der Waals surface area contributed by atoms with Crippen molar-refractivity contribution in [2.45, 2.75) is 221 Å². The molecule has 0 saturated carbocycles. The number of rotatable bonds is 57. The second kappa shape index (κ2) is 94.0.